The van der Waals surface area contributed by atoms with Crippen molar-refractivity contribution in [2.75, 3.05) is 0 Å². The molecule has 2 aliphatic rings. The first kappa shape index (κ1) is 13.9. The highest BCUT2D eigenvalue weighted by Gasteiger charge is 2.32. The molecule has 104 valence electrons. The van der Waals surface area contributed by atoms with Crippen LogP contribution in [0.5, 0.6) is 0 Å². The number of esters is 1. The van der Waals surface area contributed by atoms with Crippen LogP contribution in [0.1, 0.15) is 65.7 Å². The minimum Gasteiger partial charge on any atom is -0.462 e. The van der Waals surface area contributed by atoms with Gasteiger partial charge in [0.25, 0.3) is 0 Å². The van der Waals surface area contributed by atoms with E-state index in [0.29, 0.717) is 5.92 Å². The van der Waals surface area contributed by atoms with Gasteiger partial charge in [0.15, 0.2) is 0 Å². The van der Waals surface area contributed by atoms with Gasteiger partial charge in [-0.1, -0.05) is 27.2 Å². The Morgan fingerprint density at radius 2 is 1.72 bits per heavy atom. The van der Waals surface area contributed by atoms with Gasteiger partial charge in [-0.25, -0.2) is 0 Å². The zero-order valence-corrected chi connectivity index (χ0v) is 12.2. The summed E-state index contributed by atoms with van der Waals surface area (Å²) in [7, 11) is 0. The SMILES string of the molecule is CC1CCCC(OC(=O)C2CCC(C)C(C)C2)C1. The lowest BCUT2D eigenvalue weighted by atomic mass is 9.76. The molecule has 5 atom stereocenters. The molecule has 0 heterocycles. The van der Waals surface area contributed by atoms with Gasteiger partial charge >= 0.3 is 5.97 Å². The number of hydrogen-bond acceptors (Lipinski definition) is 2. The largest absolute Gasteiger partial charge is 0.462 e. The lowest BCUT2D eigenvalue weighted by Crippen LogP contribution is -2.32. The fourth-order valence-corrected chi connectivity index (χ4v) is 3.51. The fraction of sp³-hybridized carbons (Fsp3) is 0.938. The molecule has 0 bridgehead atoms. The van der Waals surface area contributed by atoms with Crippen LogP contribution in [0.4, 0.5) is 0 Å². The molecule has 0 aromatic carbocycles. The van der Waals surface area contributed by atoms with Crippen molar-refractivity contribution in [3.05, 3.63) is 0 Å². The van der Waals surface area contributed by atoms with E-state index in [1.165, 1.54) is 19.3 Å². The van der Waals surface area contributed by atoms with E-state index in [1.54, 1.807) is 0 Å². The number of hydrogen-bond donors (Lipinski definition) is 0. The number of carbonyl (C=O) groups excluding carboxylic acids is 1. The van der Waals surface area contributed by atoms with Gasteiger partial charge in [0, 0.05) is 0 Å². The van der Waals surface area contributed by atoms with Crippen molar-refractivity contribution in [1.82, 2.24) is 0 Å². The van der Waals surface area contributed by atoms with Crippen LogP contribution >= 0.6 is 0 Å². The quantitative estimate of drug-likeness (QED) is 0.689. The topological polar surface area (TPSA) is 26.3 Å². The van der Waals surface area contributed by atoms with Gasteiger partial charge in [-0.05, 0) is 56.3 Å². The molecule has 0 spiro atoms. The van der Waals surface area contributed by atoms with Crippen molar-refractivity contribution in [3.63, 3.8) is 0 Å². The Hall–Kier alpha value is -0.530. The van der Waals surface area contributed by atoms with E-state index >= 15 is 0 Å². The number of rotatable bonds is 2. The maximum Gasteiger partial charge on any atom is 0.309 e. The van der Waals surface area contributed by atoms with E-state index < -0.39 is 0 Å². The molecule has 0 radical (unpaired) electrons. The van der Waals surface area contributed by atoms with E-state index in [0.717, 1.165) is 37.5 Å². The van der Waals surface area contributed by atoms with Crippen molar-refractivity contribution in [3.8, 4) is 0 Å². The van der Waals surface area contributed by atoms with Crippen LogP contribution in [0.15, 0.2) is 0 Å². The lowest BCUT2D eigenvalue weighted by Gasteiger charge is -2.33. The third-order valence-electron chi connectivity index (χ3n) is 5.10. The Labute approximate surface area is 111 Å². The number of ether oxygens (including phenoxy) is 1. The molecule has 2 nitrogen and oxygen atoms in total. The predicted octanol–water partition coefficient (Wildman–Crippen LogP) is 4.18. The first-order chi connectivity index (χ1) is 8.56. The Bertz CT molecular complexity index is 287. The third-order valence-corrected chi connectivity index (χ3v) is 5.10. The fourth-order valence-electron chi connectivity index (χ4n) is 3.51. The summed E-state index contributed by atoms with van der Waals surface area (Å²) in [5.74, 6) is 2.42. The van der Waals surface area contributed by atoms with Crippen molar-refractivity contribution in [1.29, 1.82) is 0 Å². The lowest BCUT2D eigenvalue weighted by molar-refractivity contribution is -0.158. The molecule has 2 saturated carbocycles. The summed E-state index contributed by atoms with van der Waals surface area (Å²) in [6.07, 6.45) is 8.12. The molecule has 0 amide bonds. The van der Waals surface area contributed by atoms with Gasteiger partial charge < -0.3 is 4.74 Å². The van der Waals surface area contributed by atoms with E-state index in [4.69, 9.17) is 4.74 Å². The van der Waals surface area contributed by atoms with Crippen molar-refractivity contribution >= 4 is 5.97 Å². The van der Waals surface area contributed by atoms with E-state index in [-0.39, 0.29) is 18.0 Å². The summed E-state index contributed by atoms with van der Waals surface area (Å²) in [5.41, 5.74) is 0. The normalized spacial score (nSPS) is 41.4. The van der Waals surface area contributed by atoms with Gasteiger partial charge in [-0.3, -0.25) is 4.79 Å². The highest BCUT2D eigenvalue weighted by molar-refractivity contribution is 5.72. The first-order valence-corrected chi connectivity index (χ1v) is 7.76. The molecule has 0 N–H and O–H groups in total. The average Bonchev–Trinajstić information content (AvgIpc) is 2.32. The zero-order valence-electron chi connectivity index (χ0n) is 12.2. The second-order valence-electron chi connectivity index (χ2n) is 6.80. The molecular formula is C16H28O2. The van der Waals surface area contributed by atoms with Crippen molar-refractivity contribution in [2.24, 2.45) is 23.7 Å². The Morgan fingerprint density at radius 3 is 2.39 bits per heavy atom. The number of carbonyl (C=O) groups is 1. The summed E-state index contributed by atoms with van der Waals surface area (Å²) >= 11 is 0. The molecule has 0 aromatic rings. The maximum absolute atomic E-state index is 12.2. The summed E-state index contributed by atoms with van der Waals surface area (Å²) in [6, 6.07) is 0. The minimum absolute atomic E-state index is 0.0906. The molecule has 0 aromatic heterocycles. The van der Waals surface area contributed by atoms with Crippen molar-refractivity contribution < 1.29 is 9.53 Å². The molecule has 0 saturated heterocycles. The molecule has 2 fully saturated rings. The van der Waals surface area contributed by atoms with Crippen LogP contribution in [0, 0.1) is 23.7 Å². The smallest absolute Gasteiger partial charge is 0.309 e. The molecule has 2 rings (SSSR count). The molecular weight excluding hydrogens is 224 g/mol. The van der Waals surface area contributed by atoms with Crippen LogP contribution in [0.3, 0.4) is 0 Å². The summed E-state index contributed by atoms with van der Waals surface area (Å²) in [4.78, 5) is 12.2. The van der Waals surface area contributed by atoms with Crippen LogP contribution in [0.25, 0.3) is 0 Å². The summed E-state index contributed by atoms with van der Waals surface area (Å²) < 4.78 is 5.75. The van der Waals surface area contributed by atoms with Gasteiger partial charge in [-0.2, -0.15) is 0 Å². The molecule has 2 aliphatic carbocycles. The van der Waals surface area contributed by atoms with Crippen molar-refractivity contribution in [2.45, 2.75) is 71.8 Å². The molecule has 5 unspecified atom stereocenters. The van der Waals surface area contributed by atoms with Crippen LogP contribution < -0.4 is 0 Å². The highest BCUT2D eigenvalue weighted by atomic mass is 16.5. The van der Waals surface area contributed by atoms with Crippen LogP contribution in [-0.4, -0.2) is 12.1 Å². The van der Waals surface area contributed by atoms with Gasteiger partial charge in [0.2, 0.25) is 0 Å². The Kier molecular flexibility index (Phi) is 4.69. The molecule has 18 heavy (non-hydrogen) atoms. The van der Waals surface area contributed by atoms with E-state index in [1.807, 2.05) is 0 Å². The highest BCUT2D eigenvalue weighted by Crippen LogP contribution is 2.35. The summed E-state index contributed by atoms with van der Waals surface area (Å²) in [6.45, 7) is 6.84. The monoisotopic (exact) mass is 252 g/mol. The maximum atomic E-state index is 12.2. The first-order valence-electron chi connectivity index (χ1n) is 7.76. The Balaban J connectivity index is 1.80. The van der Waals surface area contributed by atoms with E-state index in [2.05, 4.69) is 20.8 Å². The molecule has 2 heteroatoms. The van der Waals surface area contributed by atoms with Crippen LogP contribution in [0.2, 0.25) is 0 Å². The predicted molar refractivity (Wildman–Crippen MR) is 73.2 cm³/mol. The minimum atomic E-state index is 0.0906. The summed E-state index contributed by atoms with van der Waals surface area (Å²) in [5, 5.41) is 0. The third kappa shape index (κ3) is 3.49. The average molecular weight is 252 g/mol. The standard InChI is InChI=1S/C16H28O2/c1-11-5-4-6-15(9-11)18-16(17)14-8-7-12(2)13(3)10-14/h11-15H,4-10H2,1-3H3. The van der Waals surface area contributed by atoms with Crippen LogP contribution in [-0.2, 0) is 9.53 Å². The second kappa shape index (κ2) is 6.08. The van der Waals surface area contributed by atoms with Gasteiger partial charge in [0.1, 0.15) is 6.10 Å². The van der Waals surface area contributed by atoms with E-state index in [9.17, 15) is 4.79 Å². The molecule has 0 aliphatic heterocycles. The van der Waals surface area contributed by atoms with Gasteiger partial charge in [0.05, 0.1) is 5.92 Å². The second-order valence-corrected chi connectivity index (χ2v) is 6.80. The van der Waals surface area contributed by atoms with Gasteiger partial charge in [-0.15, -0.1) is 0 Å². The zero-order chi connectivity index (χ0) is 13.1. The Morgan fingerprint density at radius 1 is 0.944 bits per heavy atom.